The van der Waals surface area contributed by atoms with Crippen LogP contribution in [0, 0.1) is 12.7 Å². The van der Waals surface area contributed by atoms with Crippen molar-refractivity contribution >= 4 is 27.3 Å². The van der Waals surface area contributed by atoms with E-state index < -0.39 is 0 Å². The van der Waals surface area contributed by atoms with Crippen LogP contribution in [0.1, 0.15) is 5.01 Å². The van der Waals surface area contributed by atoms with Crippen molar-refractivity contribution in [3.8, 4) is 10.9 Å². The Hall–Kier alpha value is -1.01. The number of ether oxygens (including phenoxy) is 1. The highest BCUT2D eigenvalue weighted by Gasteiger charge is 2.07. The molecular formula is C9H6BrFN2OS. The lowest BCUT2D eigenvalue weighted by atomic mass is 10.3. The Balaban J connectivity index is 2.24. The number of hydrogen-bond acceptors (Lipinski definition) is 4. The highest BCUT2D eigenvalue weighted by atomic mass is 79.9. The molecule has 78 valence electrons. The van der Waals surface area contributed by atoms with E-state index in [-0.39, 0.29) is 5.82 Å². The Morgan fingerprint density at radius 2 is 2.20 bits per heavy atom. The van der Waals surface area contributed by atoms with E-state index in [9.17, 15) is 4.39 Å². The van der Waals surface area contributed by atoms with Gasteiger partial charge >= 0.3 is 0 Å². The summed E-state index contributed by atoms with van der Waals surface area (Å²) in [6, 6.07) is 4.20. The summed E-state index contributed by atoms with van der Waals surface area (Å²) < 4.78 is 18.7. The van der Waals surface area contributed by atoms with E-state index in [4.69, 9.17) is 4.74 Å². The van der Waals surface area contributed by atoms with Crippen LogP contribution in [0.5, 0.6) is 10.9 Å². The number of rotatable bonds is 2. The predicted octanol–water partition coefficient (Wildman–Crippen LogP) is 3.54. The smallest absolute Gasteiger partial charge is 0.299 e. The van der Waals surface area contributed by atoms with E-state index in [1.165, 1.54) is 29.5 Å². The summed E-state index contributed by atoms with van der Waals surface area (Å²) in [5.41, 5.74) is 0. The van der Waals surface area contributed by atoms with Gasteiger partial charge in [-0.3, -0.25) is 0 Å². The molecule has 2 rings (SSSR count). The maximum atomic E-state index is 12.8. The summed E-state index contributed by atoms with van der Waals surface area (Å²) in [6.07, 6.45) is 0. The van der Waals surface area contributed by atoms with Crippen molar-refractivity contribution in [3.05, 3.63) is 33.5 Å². The molecule has 0 aliphatic rings. The SMILES string of the molecule is Cc1nnc(Oc2ccc(F)cc2Br)s1. The van der Waals surface area contributed by atoms with E-state index in [2.05, 4.69) is 26.1 Å². The van der Waals surface area contributed by atoms with E-state index in [0.717, 1.165) is 5.01 Å². The molecule has 1 aromatic carbocycles. The minimum absolute atomic E-state index is 0.317. The first-order chi connectivity index (χ1) is 7.15. The Kier molecular flexibility index (Phi) is 2.97. The van der Waals surface area contributed by atoms with E-state index in [1.807, 2.05) is 6.92 Å². The van der Waals surface area contributed by atoms with E-state index in [1.54, 1.807) is 0 Å². The molecule has 0 aliphatic heterocycles. The molecule has 2 aromatic rings. The number of hydrogen-bond donors (Lipinski definition) is 0. The topological polar surface area (TPSA) is 35.0 Å². The molecule has 3 nitrogen and oxygen atoms in total. The van der Waals surface area contributed by atoms with E-state index >= 15 is 0 Å². The van der Waals surface area contributed by atoms with Gasteiger partial charge in [-0.05, 0) is 41.1 Å². The first kappa shape index (κ1) is 10.5. The van der Waals surface area contributed by atoms with Gasteiger partial charge in [0.05, 0.1) is 4.47 Å². The zero-order valence-corrected chi connectivity index (χ0v) is 10.1. The Morgan fingerprint density at radius 1 is 1.40 bits per heavy atom. The highest BCUT2D eigenvalue weighted by Crippen LogP contribution is 2.31. The average molecular weight is 289 g/mol. The minimum atomic E-state index is -0.317. The van der Waals surface area contributed by atoms with Crippen LogP contribution in [-0.4, -0.2) is 10.2 Å². The molecule has 0 radical (unpaired) electrons. The van der Waals surface area contributed by atoms with E-state index in [0.29, 0.717) is 15.4 Å². The van der Waals surface area contributed by atoms with Gasteiger partial charge in [-0.1, -0.05) is 16.4 Å². The average Bonchev–Trinajstić information content (AvgIpc) is 2.56. The number of nitrogens with zero attached hydrogens (tertiary/aromatic N) is 2. The van der Waals surface area contributed by atoms with Crippen LogP contribution in [0.15, 0.2) is 22.7 Å². The molecule has 0 fully saturated rings. The van der Waals surface area contributed by atoms with Crippen LogP contribution in [0.2, 0.25) is 0 Å². The van der Waals surface area contributed by atoms with Crippen molar-refractivity contribution in [3.63, 3.8) is 0 Å². The van der Waals surface area contributed by atoms with Crippen molar-refractivity contribution in [2.45, 2.75) is 6.92 Å². The molecule has 1 heterocycles. The largest absolute Gasteiger partial charge is 0.429 e. The summed E-state index contributed by atoms with van der Waals surface area (Å²) in [5, 5.41) is 8.89. The predicted molar refractivity (Wildman–Crippen MR) is 58.8 cm³/mol. The molecule has 0 unspecified atom stereocenters. The molecule has 6 heteroatoms. The second-order valence-corrected chi connectivity index (χ2v) is 4.76. The molecule has 0 aliphatic carbocycles. The molecular weight excluding hydrogens is 283 g/mol. The Labute approximate surface area is 98.0 Å². The lowest BCUT2D eigenvalue weighted by Gasteiger charge is -2.02. The number of aryl methyl sites for hydroxylation is 1. The molecule has 0 N–H and O–H groups in total. The fraction of sp³-hybridized carbons (Fsp3) is 0.111. The molecule has 0 amide bonds. The van der Waals surface area contributed by atoms with Crippen molar-refractivity contribution in [2.75, 3.05) is 0 Å². The molecule has 15 heavy (non-hydrogen) atoms. The van der Waals surface area contributed by atoms with Crippen molar-refractivity contribution in [2.24, 2.45) is 0 Å². The summed E-state index contributed by atoms with van der Waals surface area (Å²) in [7, 11) is 0. The summed E-state index contributed by atoms with van der Waals surface area (Å²) in [6.45, 7) is 1.84. The Bertz CT molecular complexity index is 489. The van der Waals surface area contributed by atoms with Crippen LogP contribution in [0.4, 0.5) is 4.39 Å². The molecule has 0 bridgehead atoms. The second-order valence-electron chi connectivity index (χ2n) is 2.76. The normalized spacial score (nSPS) is 10.3. The zero-order valence-electron chi connectivity index (χ0n) is 7.70. The maximum absolute atomic E-state index is 12.8. The fourth-order valence-electron chi connectivity index (χ4n) is 0.972. The van der Waals surface area contributed by atoms with Gasteiger partial charge in [-0.25, -0.2) is 4.39 Å². The first-order valence-electron chi connectivity index (χ1n) is 4.08. The molecule has 1 aromatic heterocycles. The van der Waals surface area contributed by atoms with Crippen LogP contribution in [-0.2, 0) is 0 Å². The fourth-order valence-corrected chi connectivity index (χ4v) is 1.95. The third kappa shape index (κ3) is 2.51. The van der Waals surface area contributed by atoms with Crippen LogP contribution >= 0.6 is 27.3 Å². The minimum Gasteiger partial charge on any atom is -0.429 e. The van der Waals surface area contributed by atoms with Gasteiger partial charge in [0.25, 0.3) is 5.19 Å². The van der Waals surface area contributed by atoms with Gasteiger partial charge in [-0.2, -0.15) is 0 Å². The molecule has 0 saturated heterocycles. The van der Waals surface area contributed by atoms with Crippen molar-refractivity contribution in [1.82, 2.24) is 10.2 Å². The van der Waals surface area contributed by atoms with Crippen LogP contribution in [0.3, 0.4) is 0 Å². The van der Waals surface area contributed by atoms with Gasteiger partial charge in [-0.15, -0.1) is 5.10 Å². The van der Waals surface area contributed by atoms with Gasteiger partial charge in [0, 0.05) is 0 Å². The second kappa shape index (κ2) is 4.24. The third-order valence-electron chi connectivity index (χ3n) is 1.60. The third-order valence-corrected chi connectivity index (χ3v) is 2.94. The summed E-state index contributed by atoms with van der Waals surface area (Å²) >= 11 is 4.54. The van der Waals surface area contributed by atoms with Gasteiger partial charge in [0.1, 0.15) is 16.6 Å². The quantitative estimate of drug-likeness (QED) is 0.848. The standard InChI is InChI=1S/C9H6BrFN2OS/c1-5-12-13-9(15-5)14-8-3-2-6(11)4-7(8)10/h2-4H,1H3. The summed E-state index contributed by atoms with van der Waals surface area (Å²) in [5.74, 6) is 0.204. The Morgan fingerprint density at radius 3 is 2.80 bits per heavy atom. The van der Waals surface area contributed by atoms with Gasteiger partial charge < -0.3 is 4.74 Å². The van der Waals surface area contributed by atoms with Crippen LogP contribution in [0.25, 0.3) is 0 Å². The summed E-state index contributed by atoms with van der Waals surface area (Å²) in [4.78, 5) is 0. The zero-order chi connectivity index (χ0) is 10.8. The lowest BCUT2D eigenvalue weighted by molar-refractivity contribution is 0.468. The van der Waals surface area contributed by atoms with Crippen molar-refractivity contribution in [1.29, 1.82) is 0 Å². The van der Waals surface area contributed by atoms with Crippen molar-refractivity contribution < 1.29 is 9.13 Å². The number of halogens is 2. The maximum Gasteiger partial charge on any atom is 0.299 e. The molecule has 0 atom stereocenters. The first-order valence-corrected chi connectivity index (χ1v) is 5.69. The number of benzene rings is 1. The van der Waals surface area contributed by atoms with Crippen LogP contribution < -0.4 is 4.74 Å². The lowest BCUT2D eigenvalue weighted by Crippen LogP contribution is -1.85. The van der Waals surface area contributed by atoms with Gasteiger partial charge in [0.2, 0.25) is 0 Å². The molecule has 0 spiro atoms. The monoisotopic (exact) mass is 288 g/mol. The number of aromatic nitrogens is 2. The highest BCUT2D eigenvalue weighted by molar-refractivity contribution is 9.10. The molecule has 0 saturated carbocycles. The van der Waals surface area contributed by atoms with Gasteiger partial charge in [0.15, 0.2) is 0 Å².